The Morgan fingerprint density at radius 1 is 1.07 bits per heavy atom. The van der Waals surface area contributed by atoms with E-state index in [2.05, 4.69) is 9.97 Å². The summed E-state index contributed by atoms with van der Waals surface area (Å²) >= 11 is 1.06. The predicted molar refractivity (Wildman–Crippen MR) is 52.5 cm³/mol. The molecule has 0 aliphatic rings. The van der Waals surface area contributed by atoms with Crippen LogP contribution in [0.5, 0.6) is 0 Å². The summed E-state index contributed by atoms with van der Waals surface area (Å²) in [7, 11) is 0. The molecule has 0 atom stereocenters. The quantitative estimate of drug-likeness (QED) is 0.579. The fraction of sp³-hybridized carbons (Fsp3) is 0. The molecule has 1 aromatic heterocycles. The molecule has 0 aliphatic carbocycles. The second kappa shape index (κ2) is 4.35. The Balaban J connectivity index is 2.26. The summed E-state index contributed by atoms with van der Waals surface area (Å²) in [4.78, 5) is 7.26. The lowest BCUT2D eigenvalue weighted by atomic mass is 10.3. The van der Waals surface area contributed by atoms with Crippen LogP contribution in [0.25, 0.3) is 0 Å². The molecule has 1 heterocycles. The molecule has 0 bridgehead atoms. The highest BCUT2D eigenvalue weighted by Crippen LogP contribution is 2.27. The molecule has 76 valence electrons. The monoisotopic (exact) mass is 224 g/mol. The Kier molecular flexibility index (Phi) is 2.91. The lowest BCUT2D eigenvalue weighted by Crippen LogP contribution is -1.89. The molecule has 2 rings (SSSR count). The molecule has 0 fully saturated rings. The first-order chi connectivity index (χ1) is 7.25. The van der Waals surface area contributed by atoms with Crippen molar-refractivity contribution in [1.82, 2.24) is 9.97 Å². The Bertz CT molecular complexity index is 476. The van der Waals surface area contributed by atoms with Crippen LogP contribution in [0.2, 0.25) is 0 Å². The average molecular weight is 224 g/mol. The van der Waals surface area contributed by atoms with E-state index >= 15 is 0 Å². The van der Waals surface area contributed by atoms with Gasteiger partial charge in [-0.05, 0) is 18.2 Å². The van der Waals surface area contributed by atoms with Gasteiger partial charge in [-0.3, -0.25) is 0 Å². The van der Waals surface area contributed by atoms with Crippen molar-refractivity contribution in [2.45, 2.75) is 9.92 Å². The van der Waals surface area contributed by atoms with Crippen molar-refractivity contribution in [1.29, 1.82) is 0 Å². The van der Waals surface area contributed by atoms with Gasteiger partial charge in [0, 0.05) is 11.1 Å². The predicted octanol–water partition coefficient (Wildman–Crippen LogP) is 2.91. The Morgan fingerprint density at radius 2 is 1.87 bits per heavy atom. The van der Waals surface area contributed by atoms with Crippen molar-refractivity contribution in [3.05, 3.63) is 48.4 Å². The number of nitrogens with zero attached hydrogens (tertiary/aromatic N) is 2. The Morgan fingerprint density at radius 3 is 2.60 bits per heavy atom. The number of hydrogen-bond donors (Lipinski definition) is 0. The third-order valence-electron chi connectivity index (χ3n) is 1.65. The molecule has 0 N–H and O–H groups in total. The van der Waals surface area contributed by atoms with E-state index in [1.807, 2.05) is 0 Å². The lowest BCUT2D eigenvalue weighted by Gasteiger charge is -2.00. The SMILES string of the molecule is Fc1nccc(Sc2ccccc2F)n1. The molecule has 0 amide bonds. The minimum absolute atomic E-state index is 0.346. The van der Waals surface area contributed by atoms with E-state index in [0.29, 0.717) is 9.92 Å². The van der Waals surface area contributed by atoms with Crippen molar-refractivity contribution in [3.8, 4) is 0 Å². The van der Waals surface area contributed by atoms with Gasteiger partial charge in [-0.1, -0.05) is 23.9 Å². The van der Waals surface area contributed by atoms with E-state index in [1.54, 1.807) is 18.2 Å². The van der Waals surface area contributed by atoms with E-state index < -0.39 is 6.08 Å². The van der Waals surface area contributed by atoms with Gasteiger partial charge in [0.2, 0.25) is 0 Å². The topological polar surface area (TPSA) is 25.8 Å². The maximum Gasteiger partial charge on any atom is 0.309 e. The van der Waals surface area contributed by atoms with Crippen LogP contribution in [0.1, 0.15) is 0 Å². The zero-order chi connectivity index (χ0) is 10.7. The third kappa shape index (κ3) is 2.50. The fourth-order valence-electron chi connectivity index (χ4n) is 1.02. The van der Waals surface area contributed by atoms with Gasteiger partial charge < -0.3 is 0 Å². The largest absolute Gasteiger partial charge is 0.309 e. The first kappa shape index (κ1) is 10.0. The Labute approximate surface area is 89.4 Å². The highest BCUT2D eigenvalue weighted by atomic mass is 32.2. The third-order valence-corrected chi connectivity index (χ3v) is 2.64. The summed E-state index contributed by atoms with van der Waals surface area (Å²) in [6, 6.07) is 7.79. The smallest absolute Gasteiger partial charge is 0.211 e. The maximum absolute atomic E-state index is 13.2. The van der Waals surface area contributed by atoms with Crippen molar-refractivity contribution in [2.75, 3.05) is 0 Å². The van der Waals surface area contributed by atoms with Crippen molar-refractivity contribution in [2.24, 2.45) is 0 Å². The molecule has 0 aliphatic heterocycles. The van der Waals surface area contributed by atoms with Gasteiger partial charge in [0.15, 0.2) is 0 Å². The highest BCUT2D eigenvalue weighted by Gasteiger charge is 2.04. The minimum Gasteiger partial charge on any atom is -0.211 e. The molecule has 0 spiro atoms. The van der Waals surface area contributed by atoms with Crippen molar-refractivity contribution >= 4 is 11.8 Å². The maximum atomic E-state index is 13.2. The molecule has 5 heteroatoms. The van der Waals surface area contributed by atoms with Crippen LogP contribution in [0.15, 0.2) is 46.5 Å². The average Bonchev–Trinajstić information content (AvgIpc) is 2.22. The van der Waals surface area contributed by atoms with E-state index in [9.17, 15) is 8.78 Å². The second-order valence-corrected chi connectivity index (χ2v) is 3.76. The van der Waals surface area contributed by atoms with Crippen LogP contribution in [-0.2, 0) is 0 Å². The van der Waals surface area contributed by atoms with E-state index in [1.165, 1.54) is 18.3 Å². The molecular weight excluding hydrogens is 218 g/mol. The van der Waals surface area contributed by atoms with Crippen molar-refractivity contribution < 1.29 is 8.78 Å². The van der Waals surface area contributed by atoms with Gasteiger partial charge in [-0.2, -0.15) is 9.37 Å². The van der Waals surface area contributed by atoms with Crippen LogP contribution < -0.4 is 0 Å². The first-order valence-corrected chi connectivity index (χ1v) is 4.98. The van der Waals surface area contributed by atoms with Gasteiger partial charge in [-0.25, -0.2) is 9.37 Å². The summed E-state index contributed by atoms with van der Waals surface area (Å²) in [6.45, 7) is 0. The number of rotatable bonds is 2. The summed E-state index contributed by atoms with van der Waals surface area (Å²) in [5.41, 5.74) is 0. The van der Waals surface area contributed by atoms with Gasteiger partial charge in [0.05, 0.1) is 0 Å². The molecule has 0 radical (unpaired) electrons. The lowest BCUT2D eigenvalue weighted by molar-refractivity contribution is 0.526. The molecule has 1 aromatic carbocycles. The molecule has 0 unspecified atom stereocenters. The number of benzene rings is 1. The molecule has 15 heavy (non-hydrogen) atoms. The first-order valence-electron chi connectivity index (χ1n) is 4.16. The van der Waals surface area contributed by atoms with E-state index in [4.69, 9.17) is 0 Å². The number of hydrogen-bond acceptors (Lipinski definition) is 3. The van der Waals surface area contributed by atoms with Crippen LogP contribution >= 0.6 is 11.8 Å². The second-order valence-electron chi connectivity index (χ2n) is 2.70. The van der Waals surface area contributed by atoms with Crippen LogP contribution in [-0.4, -0.2) is 9.97 Å². The summed E-state index contributed by atoms with van der Waals surface area (Å²) in [6.07, 6.45) is 0.488. The zero-order valence-corrected chi connectivity index (χ0v) is 8.34. The van der Waals surface area contributed by atoms with Crippen LogP contribution in [0, 0.1) is 11.9 Å². The summed E-state index contributed by atoms with van der Waals surface area (Å²) in [5, 5.41) is 0.382. The Hall–Kier alpha value is -1.49. The minimum atomic E-state index is -0.809. The van der Waals surface area contributed by atoms with Gasteiger partial charge >= 0.3 is 6.08 Å². The van der Waals surface area contributed by atoms with E-state index in [-0.39, 0.29) is 5.82 Å². The fourth-order valence-corrected chi connectivity index (χ4v) is 1.80. The zero-order valence-electron chi connectivity index (χ0n) is 7.52. The number of aromatic nitrogens is 2. The molecule has 0 saturated carbocycles. The normalized spacial score (nSPS) is 10.3. The van der Waals surface area contributed by atoms with Crippen LogP contribution in [0.4, 0.5) is 8.78 Å². The van der Waals surface area contributed by atoms with Crippen LogP contribution in [0.3, 0.4) is 0 Å². The molecule has 2 aromatic rings. The summed E-state index contributed by atoms with van der Waals surface area (Å²) < 4.78 is 25.9. The standard InChI is InChI=1S/C10H6F2N2S/c11-7-3-1-2-4-8(7)15-9-5-6-13-10(12)14-9/h1-6H. The molecular formula is C10H6F2N2S. The van der Waals surface area contributed by atoms with Crippen molar-refractivity contribution in [3.63, 3.8) is 0 Å². The molecule has 0 saturated heterocycles. The van der Waals surface area contributed by atoms with Gasteiger partial charge in [-0.15, -0.1) is 0 Å². The van der Waals surface area contributed by atoms with Gasteiger partial charge in [0.1, 0.15) is 10.8 Å². The molecule has 2 nitrogen and oxygen atoms in total. The highest BCUT2D eigenvalue weighted by molar-refractivity contribution is 7.99. The summed E-state index contributed by atoms with van der Waals surface area (Å²) in [5.74, 6) is -0.346. The van der Waals surface area contributed by atoms with Gasteiger partial charge in [0.25, 0.3) is 0 Å². The number of halogens is 2. The van der Waals surface area contributed by atoms with E-state index in [0.717, 1.165) is 11.8 Å².